The Kier molecular flexibility index (Phi) is 5.75. The van der Waals surface area contributed by atoms with Crippen molar-refractivity contribution in [2.24, 2.45) is 0 Å². The quantitative estimate of drug-likeness (QED) is 0.770. The van der Waals surface area contributed by atoms with E-state index in [9.17, 15) is 4.39 Å². The summed E-state index contributed by atoms with van der Waals surface area (Å²) in [6, 6.07) is 11.6. The Bertz CT molecular complexity index is 553. The molecule has 1 aromatic carbocycles. The molecule has 2 rings (SSSR count). The fourth-order valence-electron chi connectivity index (χ4n) is 2.15. The van der Waals surface area contributed by atoms with Gasteiger partial charge in [0.15, 0.2) is 0 Å². The maximum Gasteiger partial charge on any atom is 0.123 e. The minimum absolute atomic E-state index is 0.163. The number of benzene rings is 1. The fourth-order valence-corrected chi connectivity index (χ4v) is 3.71. The molecule has 0 spiro atoms. The van der Waals surface area contributed by atoms with Gasteiger partial charge >= 0.3 is 0 Å². The lowest BCUT2D eigenvalue weighted by Crippen LogP contribution is -2.28. The van der Waals surface area contributed by atoms with Crippen LogP contribution >= 0.6 is 27.3 Å². The van der Waals surface area contributed by atoms with Gasteiger partial charge in [0, 0.05) is 23.4 Å². The Morgan fingerprint density at radius 3 is 2.65 bits per heavy atom. The van der Waals surface area contributed by atoms with E-state index < -0.39 is 0 Å². The molecule has 2 aromatic rings. The lowest BCUT2D eigenvalue weighted by Gasteiger charge is -2.19. The first-order chi connectivity index (χ1) is 9.54. The van der Waals surface area contributed by atoms with Gasteiger partial charge in [0.2, 0.25) is 0 Å². The molecular formula is C16H19BrFNS. The monoisotopic (exact) mass is 355 g/mol. The zero-order chi connectivity index (χ0) is 14.5. The zero-order valence-electron chi connectivity index (χ0n) is 11.7. The third-order valence-corrected chi connectivity index (χ3v) is 4.81. The summed E-state index contributed by atoms with van der Waals surface area (Å²) in [5.41, 5.74) is 1.06. The molecule has 0 aliphatic rings. The van der Waals surface area contributed by atoms with Crippen LogP contribution in [0, 0.1) is 5.82 Å². The summed E-state index contributed by atoms with van der Waals surface area (Å²) in [5, 5.41) is 3.46. The van der Waals surface area contributed by atoms with Crippen LogP contribution in [0.25, 0.3) is 0 Å². The summed E-state index contributed by atoms with van der Waals surface area (Å²) < 4.78 is 14.6. The Balaban J connectivity index is 2.15. The van der Waals surface area contributed by atoms with Crippen LogP contribution in [0.1, 0.15) is 30.2 Å². The van der Waals surface area contributed by atoms with E-state index in [1.807, 2.05) is 6.07 Å². The SMILES string of the molecule is CC(C)NCC(Cc1ccc(Br)s1)c1cccc(F)c1. The van der Waals surface area contributed by atoms with E-state index in [0.29, 0.717) is 12.0 Å². The van der Waals surface area contributed by atoms with Crippen LogP contribution in [0.4, 0.5) is 4.39 Å². The van der Waals surface area contributed by atoms with Crippen molar-refractivity contribution in [3.8, 4) is 0 Å². The summed E-state index contributed by atoms with van der Waals surface area (Å²) in [5.74, 6) is 0.128. The molecule has 1 atom stereocenters. The lowest BCUT2D eigenvalue weighted by atomic mass is 9.94. The molecule has 1 heterocycles. The van der Waals surface area contributed by atoms with Gasteiger partial charge in [-0.2, -0.15) is 0 Å². The van der Waals surface area contributed by atoms with E-state index in [-0.39, 0.29) is 5.82 Å². The topological polar surface area (TPSA) is 12.0 Å². The molecule has 108 valence electrons. The van der Waals surface area contributed by atoms with Gasteiger partial charge in [-0.25, -0.2) is 4.39 Å². The predicted octanol–water partition coefficient (Wildman–Crippen LogP) is 4.97. The number of rotatable bonds is 6. The van der Waals surface area contributed by atoms with Crippen molar-refractivity contribution in [1.82, 2.24) is 5.32 Å². The van der Waals surface area contributed by atoms with Gasteiger partial charge in [-0.1, -0.05) is 26.0 Å². The highest BCUT2D eigenvalue weighted by Crippen LogP contribution is 2.28. The van der Waals surface area contributed by atoms with Gasteiger partial charge in [-0.05, 0) is 52.2 Å². The summed E-state index contributed by atoms with van der Waals surface area (Å²) in [7, 11) is 0. The highest BCUT2D eigenvalue weighted by Gasteiger charge is 2.14. The molecule has 20 heavy (non-hydrogen) atoms. The van der Waals surface area contributed by atoms with Crippen molar-refractivity contribution in [1.29, 1.82) is 0 Å². The Labute approximate surface area is 132 Å². The number of hydrogen-bond acceptors (Lipinski definition) is 2. The fraction of sp³-hybridized carbons (Fsp3) is 0.375. The molecule has 0 bridgehead atoms. The van der Waals surface area contributed by atoms with Gasteiger partial charge in [-0.3, -0.25) is 0 Å². The molecule has 0 aliphatic carbocycles. The van der Waals surface area contributed by atoms with E-state index in [2.05, 4.69) is 47.2 Å². The smallest absolute Gasteiger partial charge is 0.123 e. The molecule has 1 aromatic heterocycles. The minimum atomic E-state index is -0.163. The molecule has 1 N–H and O–H groups in total. The van der Waals surface area contributed by atoms with Crippen LogP contribution in [-0.2, 0) is 6.42 Å². The summed E-state index contributed by atoms with van der Waals surface area (Å²) in [4.78, 5) is 1.32. The zero-order valence-corrected chi connectivity index (χ0v) is 14.1. The van der Waals surface area contributed by atoms with Crippen molar-refractivity contribution < 1.29 is 4.39 Å². The first-order valence-electron chi connectivity index (χ1n) is 6.77. The van der Waals surface area contributed by atoms with Crippen LogP contribution in [0.5, 0.6) is 0 Å². The normalized spacial score (nSPS) is 12.8. The first kappa shape index (κ1) is 15.7. The van der Waals surface area contributed by atoms with Crippen molar-refractivity contribution >= 4 is 27.3 Å². The van der Waals surface area contributed by atoms with Crippen LogP contribution in [0.3, 0.4) is 0 Å². The molecule has 4 heteroatoms. The second-order valence-corrected chi connectivity index (χ2v) is 7.77. The Morgan fingerprint density at radius 2 is 2.05 bits per heavy atom. The summed E-state index contributed by atoms with van der Waals surface area (Å²) in [6.45, 7) is 5.12. The highest BCUT2D eigenvalue weighted by atomic mass is 79.9. The molecule has 1 nitrogen and oxygen atoms in total. The molecule has 0 saturated heterocycles. The van der Waals surface area contributed by atoms with Crippen molar-refractivity contribution in [2.45, 2.75) is 32.2 Å². The second-order valence-electron chi connectivity index (χ2n) is 5.22. The molecule has 0 radical (unpaired) electrons. The number of hydrogen-bond donors (Lipinski definition) is 1. The van der Waals surface area contributed by atoms with Crippen LogP contribution < -0.4 is 5.32 Å². The number of thiophene rings is 1. The highest BCUT2D eigenvalue weighted by molar-refractivity contribution is 9.11. The van der Waals surface area contributed by atoms with Gasteiger partial charge in [0.1, 0.15) is 5.82 Å². The summed E-state index contributed by atoms with van der Waals surface area (Å²) >= 11 is 5.24. The average Bonchev–Trinajstić information content (AvgIpc) is 2.80. The maximum atomic E-state index is 13.4. The van der Waals surface area contributed by atoms with Crippen molar-refractivity contribution in [3.05, 3.63) is 56.4 Å². The molecule has 0 aliphatic heterocycles. The van der Waals surface area contributed by atoms with E-state index in [1.165, 1.54) is 10.9 Å². The van der Waals surface area contributed by atoms with Gasteiger partial charge in [0.05, 0.1) is 3.79 Å². The average molecular weight is 356 g/mol. The van der Waals surface area contributed by atoms with E-state index in [4.69, 9.17) is 0 Å². The first-order valence-corrected chi connectivity index (χ1v) is 8.38. The molecule has 1 unspecified atom stereocenters. The second kappa shape index (κ2) is 7.34. The van der Waals surface area contributed by atoms with Crippen LogP contribution in [-0.4, -0.2) is 12.6 Å². The Morgan fingerprint density at radius 1 is 1.25 bits per heavy atom. The standard InChI is InChI=1S/C16H19BrFNS/c1-11(2)19-10-13(9-15-6-7-16(17)20-15)12-4-3-5-14(18)8-12/h3-8,11,13,19H,9-10H2,1-2H3. The Hall–Kier alpha value is -0.710. The summed E-state index contributed by atoms with van der Waals surface area (Å²) in [6.07, 6.45) is 0.930. The molecule has 0 amide bonds. The van der Waals surface area contributed by atoms with Gasteiger partial charge in [0.25, 0.3) is 0 Å². The predicted molar refractivity (Wildman–Crippen MR) is 88.0 cm³/mol. The van der Waals surface area contributed by atoms with E-state index in [1.54, 1.807) is 23.5 Å². The van der Waals surface area contributed by atoms with Crippen LogP contribution in [0.15, 0.2) is 40.2 Å². The largest absolute Gasteiger partial charge is 0.314 e. The van der Waals surface area contributed by atoms with E-state index in [0.717, 1.165) is 22.3 Å². The van der Waals surface area contributed by atoms with Gasteiger partial charge < -0.3 is 5.32 Å². The van der Waals surface area contributed by atoms with Crippen molar-refractivity contribution in [2.75, 3.05) is 6.54 Å². The third-order valence-electron chi connectivity index (χ3n) is 3.17. The molecule has 0 saturated carbocycles. The van der Waals surface area contributed by atoms with Crippen LogP contribution in [0.2, 0.25) is 0 Å². The third kappa shape index (κ3) is 4.69. The molecular weight excluding hydrogens is 337 g/mol. The number of halogens is 2. The maximum absolute atomic E-state index is 13.4. The van der Waals surface area contributed by atoms with Gasteiger partial charge in [-0.15, -0.1) is 11.3 Å². The number of nitrogens with one attached hydrogen (secondary N) is 1. The van der Waals surface area contributed by atoms with E-state index >= 15 is 0 Å². The lowest BCUT2D eigenvalue weighted by molar-refractivity contribution is 0.525. The molecule has 0 fully saturated rings. The minimum Gasteiger partial charge on any atom is -0.314 e. The van der Waals surface area contributed by atoms with Crippen molar-refractivity contribution in [3.63, 3.8) is 0 Å².